The number of carbonyl (C=O) groups is 1. The first-order chi connectivity index (χ1) is 12.0. The van der Waals surface area contributed by atoms with Crippen LogP contribution in [0.5, 0.6) is 0 Å². The Morgan fingerprint density at radius 1 is 1.20 bits per heavy atom. The fourth-order valence-electron chi connectivity index (χ4n) is 3.66. The van der Waals surface area contributed by atoms with Crippen molar-refractivity contribution in [3.63, 3.8) is 0 Å². The van der Waals surface area contributed by atoms with Gasteiger partial charge in [-0.15, -0.1) is 0 Å². The summed E-state index contributed by atoms with van der Waals surface area (Å²) in [5, 5.41) is 5.69. The SMILES string of the molecule is CC(C)Cn1nc(C(=O)N(C)C2CCCCC2)c2ccccc2c1=O. The van der Waals surface area contributed by atoms with Gasteiger partial charge in [0.15, 0.2) is 5.69 Å². The monoisotopic (exact) mass is 341 g/mol. The first-order valence-corrected chi connectivity index (χ1v) is 9.26. The van der Waals surface area contributed by atoms with Gasteiger partial charge in [-0.2, -0.15) is 5.10 Å². The van der Waals surface area contributed by atoms with Crippen LogP contribution in [0.2, 0.25) is 0 Å². The molecular weight excluding hydrogens is 314 g/mol. The lowest BCUT2D eigenvalue weighted by atomic mass is 9.94. The summed E-state index contributed by atoms with van der Waals surface area (Å²) in [5.41, 5.74) is 0.269. The summed E-state index contributed by atoms with van der Waals surface area (Å²) in [6.07, 6.45) is 5.68. The molecule has 0 saturated heterocycles. The van der Waals surface area contributed by atoms with Gasteiger partial charge in [0.05, 0.1) is 5.39 Å². The van der Waals surface area contributed by atoms with Crippen molar-refractivity contribution in [1.29, 1.82) is 0 Å². The number of hydrogen-bond acceptors (Lipinski definition) is 3. The van der Waals surface area contributed by atoms with E-state index in [9.17, 15) is 9.59 Å². The molecule has 1 amide bonds. The zero-order valence-corrected chi connectivity index (χ0v) is 15.4. The maximum absolute atomic E-state index is 13.2. The number of fused-ring (bicyclic) bond motifs is 1. The molecule has 1 aromatic carbocycles. The van der Waals surface area contributed by atoms with Crippen molar-refractivity contribution in [2.24, 2.45) is 5.92 Å². The van der Waals surface area contributed by atoms with Crippen LogP contribution in [0, 0.1) is 5.92 Å². The van der Waals surface area contributed by atoms with Gasteiger partial charge >= 0.3 is 0 Å². The number of carbonyl (C=O) groups excluding carboxylic acids is 1. The molecule has 0 aliphatic heterocycles. The number of nitrogens with zero attached hydrogens (tertiary/aromatic N) is 3. The first-order valence-electron chi connectivity index (χ1n) is 9.26. The molecule has 0 atom stereocenters. The second-order valence-corrected chi connectivity index (χ2v) is 7.48. The molecule has 1 fully saturated rings. The Bertz CT molecular complexity index is 819. The van der Waals surface area contributed by atoms with Gasteiger partial charge in [0, 0.05) is 25.0 Å². The van der Waals surface area contributed by atoms with Crippen molar-refractivity contribution in [3.05, 3.63) is 40.3 Å². The second-order valence-electron chi connectivity index (χ2n) is 7.48. The standard InChI is InChI=1S/C20H27N3O2/c1-14(2)13-23-19(24)17-12-8-7-11-16(17)18(21-23)20(25)22(3)15-9-5-4-6-10-15/h7-8,11-12,14-15H,4-6,9-10,13H2,1-3H3. The summed E-state index contributed by atoms with van der Waals surface area (Å²) in [6, 6.07) is 7.57. The molecule has 1 heterocycles. The third-order valence-corrected chi connectivity index (χ3v) is 5.05. The quantitative estimate of drug-likeness (QED) is 0.856. The number of amides is 1. The van der Waals surface area contributed by atoms with E-state index in [0.29, 0.717) is 23.0 Å². The Morgan fingerprint density at radius 2 is 1.84 bits per heavy atom. The molecule has 5 nitrogen and oxygen atoms in total. The van der Waals surface area contributed by atoms with Gasteiger partial charge in [-0.05, 0) is 24.8 Å². The van der Waals surface area contributed by atoms with E-state index in [0.717, 1.165) is 12.8 Å². The van der Waals surface area contributed by atoms with Gasteiger partial charge in [-0.1, -0.05) is 51.3 Å². The van der Waals surface area contributed by atoms with Gasteiger partial charge in [-0.3, -0.25) is 9.59 Å². The number of aromatic nitrogens is 2. The Labute approximate surface area is 148 Å². The highest BCUT2D eigenvalue weighted by Crippen LogP contribution is 2.24. The van der Waals surface area contributed by atoms with Crippen LogP contribution in [0.25, 0.3) is 10.8 Å². The van der Waals surface area contributed by atoms with Crippen LogP contribution in [0.15, 0.2) is 29.1 Å². The fourth-order valence-corrected chi connectivity index (χ4v) is 3.66. The van der Waals surface area contributed by atoms with Gasteiger partial charge in [0.2, 0.25) is 0 Å². The highest BCUT2D eigenvalue weighted by Gasteiger charge is 2.26. The molecule has 2 aromatic rings. The minimum atomic E-state index is -0.124. The Balaban J connectivity index is 2.06. The van der Waals surface area contributed by atoms with Gasteiger partial charge in [0.25, 0.3) is 11.5 Å². The van der Waals surface area contributed by atoms with Crippen molar-refractivity contribution >= 4 is 16.7 Å². The van der Waals surface area contributed by atoms with Crippen molar-refractivity contribution in [2.45, 2.75) is 58.5 Å². The minimum Gasteiger partial charge on any atom is -0.337 e. The zero-order chi connectivity index (χ0) is 18.0. The lowest BCUT2D eigenvalue weighted by Gasteiger charge is -2.31. The molecule has 1 saturated carbocycles. The van der Waals surface area contributed by atoms with Gasteiger partial charge < -0.3 is 4.90 Å². The molecule has 0 bridgehead atoms. The van der Waals surface area contributed by atoms with Crippen LogP contribution >= 0.6 is 0 Å². The smallest absolute Gasteiger partial charge is 0.274 e. The highest BCUT2D eigenvalue weighted by atomic mass is 16.2. The number of rotatable bonds is 4. The lowest BCUT2D eigenvalue weighted by molar-refractivity contribution is 0.0689. The topological polar surface area (TPSA) is 55.2 Å². The minimum absolute atomic E-state index is 0.0828. The summed E-state index contributed by atoms with van der Waals surface area (Å²) in [7, 11) is 1.87. The molecule has 1 aliphatic carbocycles. The van der Waals surface area contributed by atoms with E-state index < -0.39 is 0 Å². The number of benzene rings is 1. The zero-order valence-electron chi connectivity index (χ0n) is 15.4. The molecule has 5 heteroatoms. The second kappa shape index (κ2) is 7.38. The van der Waals surface area contributed by atoms with Crippen molar-refractivity contribution < 1.29 is 4.79 Å². The molecule has 1 aliphatic rings. The summed E-state index contributed by atoms with van der Waals surface area (Å²) in [4.78, 5) is 27.7. The average Bonchev–Trinajstić information content (AvgIpc) is 2.63. The molecular formula is C20H27N3O2. The molecule has 0 unspecified atom stereocenters. The Morgan fingerprint density at radius 3 is 2.48 bits per heavy atom. The van der Waals surface area contributed by atoms with Gasteiger partial charge in [-0.25, -0.2) is 4.68 Å². The Hall–Kier alpha value is -2.17. The maximum Gasteiger partial charge on any atom is 0.274 e. The van der Waals surface area contributed by atoms with Crippen LogP contribution in [-0.2, 0) is 6.54 Å². The van der Waals surface area contributed by atoms with Crippen LogP contribution in [0.3, 0.4) is 0 Å². The van der Waals surface area contributed by atoms with Crippen LogP contribution < -0.4 is 5.56 Å². The van der Waals surface area contributed by atoms with E-state index in [4.69, 9.17) is 0 Å². The molecule has 1 aromatic heterocycles. The molecule has 3 rings (SSSR count). The number of hydrogen-bond donors (Lipinski definition) is 0. The predicted molar refractivity (Wildman–Crippen MR) is 99.8 cm³/mol. The molecule has 0 radical (unpaired) electrons. The van der Waals surface area contributed by atoms with Crippen molar-refractivity contribution in [3.8, 4) is 0 Å². The summed E-state index contributed by atoms with van der Waals surface area (Å²) in [5.74, 6) is 0.200. The van der Waals surface area contributed by atoms with E-state index in [2.05, 4.69) is 5.10 Å². The van der Waals surface area contributed by atoms with Crippen molar-refractivity contribution in [1.82, 2.24) is 14.7 Å². The third kappa shape index (κ3) is 3.60. The largest absolute Gasteiger partial charge is 0.337 e. The summed E-state index contributed by atoms with van der Waals surface area (Å²) < 4.78 is 1.45. The molecule has 0 spiro atoms. The normalized spacial score (nSPS) is 15.7. The van der Waals surface area contributed by atoms with E-state index in [-0.39, 0.29) is 23.4 Å². The third-order valence-electron chi connectivity index (χ3n) is 5.05. The Kier molecular flexibility index (Phi) is 5.21. The van der Waals surface area contributed by atoms with E-state index in [1.165, 1.54) is 23.9 Å². The lowest BCUT2D eigenvalue weighted by Crippen LogP contribution is -2.40. The molecule has 0 N–H and O–H groups in total. The highest BCUT2D eigenvalue weighted by molar-refractivity contribution is 6.04. The predicted octanol–water partition coefficient (Wildman–Crippen LogP) is 3.46. The fraction of sp³-hybridized carbons (Fsp3) is 0.550. The first kappa shape index (κ1) is 17.6. The maximum atomic E-state index is 13.2. The van der Waals surface area contributed by atoms with E-state index in [1.807, 2.05) is 44.0 Å². The van der Waals surface area contributed by atoms with Gasteiger partial charge in [0.1, 0.15) is 0 Å². The van der Waals surface area contributed by atoms with E-state index in [1.54, 1.807) is 6.07 Å². The van der Waals surface area contributed by atoms with Crippen LogP contribution in [0.4, 0.5) is 0 Å². The molecule has 25 heavy (non-hydrogen) atoms. The molecule has 134 valence electrons. The summed E-state index contributed by atoms with van der Waals surface area (Å²) >= 11 is 0. The van der Waals surface area contributed by atoms with Crippen molar-refractivity contribution in [2.75, 3.05) is 7.05 Å². The average molecular weight is 341 g/mol. The van der Waals surface area contributed by atoms with Crippen LogP contribution in [0.1, 0.15) is 56.4 Å². The summed E-state index contributed by atoms with van der Waals surface area (Å²) in [6.45, 7) is 4.59. The van der Waals surface area contributed by atoms with E-state index >= 15 is 0 Å². The van der Waals surface area contributed by atoms with Crippen LogP contribution in [-0.4, -0.2) is 33.7 Å².